The summed E-state index contributed by atoms with van der Waals surface area (Å²) < 4.78 is 28.5. The molecule has 0 heterocycles. The predicted octanol–water partition coefficient (Wildman–Crippen LogP) is 6.17. The number of anilines is 1. The highest BCUT2D eigenvalue weighted by Crippen LogP contribution is 2.28. The van der Waals surface area contributed by atoms with E-state index >= 15 is 0 Å². The maximum Gasteiger partial charge on any atom is 0.264 e. The summed E-state index contributed by atoms with van der Waals surface area (Å²) in [5.74, 6) is -0.992. The van der Waals surface area contributed by atoms with Crippen molar-refractivity contribution in [3.05, 3.63) is 93.4 Å². The third kappa shape index (κ3) is 8.11. The highest BCUT2D eigenvalue weighted by molar-refractivity contribution is 7.92. The number of hydrogen-bond donors (Lipinski definition) is 1. The molecule has 3 rings (SSSR count). The van der Waals surface area contributed by atoms with Crippen molar-refractivity contribution in [3.63, 3.8) is 0 Å². The fourth-order valence-corrected chi connectivity index (χ4v) is 5.70. The molecule has 3 aromatic rings. The fraction of sp³-hybridized carbons (Fsp3) is 0.286. The minimum absolute atomic E-state index is 0.00679. The first-order chi connectivity index (χ1) is 18.2. The second-order valence-electron chi connectivity index (χ2n) is 9.99. The van der Waals surface area contributed by atoms with Crippen LogP contribution in [0.3, 0.4) is 0 Å². The van der Waals surface area contributed by atoms with E-state index in [1.807, 2.05) is 20.8 Å². The lowest BCUT2D eigenvalue weighted by Crippen LogP contribution is -2.54. The van der Waals surface area contributed by atoms with Gasteiger partial charge in [-0.25, -0.2) is 8.42 Å². The van der Waals surface area contributed by atoms with Crippen LogP contribution in [0.4, 0.5) is 5.69 Å². The Balaban J connectivity index is 2.04. The van der Waals surface area contributed by atoms with Crippen molar-refractivity contribution < 1.29 is 18.0 Å². The Kier molecular flexibility index (Phi) is 9.93. The average molecular weight is 611 g/mol. The first-order valence-electron chi connectivity index (χ1n) is 12.1. The molecule has 0 bridgehead atoms. The van der Waals surface area contributed by atoms with Crippen LogP contribution >= 0.6 is 34.8 Å². The SMILES string of the molecule is C[C@H](C(=O)NC(C)(C)C)N(Cc1ccc(Cl)c(Cl)c1)C(=O)CN(c1cccc(Cl)c1)S(=O)(=O)c1ccccc1. The van der Waals surface area contributed by atoms with Crippen molar-refractivity contribution in [2.45, 2.75) is 50.7 Å². The lowest BCUT2D eigenvalue weighted by Gasteiger charge is -2.33. The quantitative estimate of drug-likeness (QED) is 0.314. The van der Waals surface area contributed by atoms with E-state index in [1.165, 1.54) is 23.1 Å². The largest absolute Gasteiger partial charge is 0.350 e. The summed E-state index contributed by atoms with van der Waals surface area (Å²) >= 11 is 18.4. The lowest BCUT2D eigenvalue weighted by molar-refractivity contribution is -0.140. The standard InChI is InChI=1S/C28H30Cl3N3O4S/c1-19(27(36)32-28(2,3)4)33(17-20-13-14-24(30)25(31)15-20)26(35)18-34(22-10-8-9-21(29)16-22)39(37,38)23-11-6-5-7-12-23/h5-16,19H,17-18H2,1-4H3,(H,32,36)/t19-/m1/s1. The second-order valence-corrected chi connectivity index (χ2v) is 13.1. The number of sulfonamides is 1. The zero-order valence-corrected chi connectivity index (χ0v) is 25.1. The maximum atomic E-state index is 13.9. The summed E-state index contributed by atoms with van der Waals surface area (Å²) in [6.45, 7) is 6.49. The van der Waals surface area contributed by atoms with Crippen molar-refractivity contribution in [2.24, 2.45) is 0 Å². The van der Waals surface area contributed by atoms with Crippen LogP contribution < -0.4 is 9.62 Å². The number of amides is 2. The Hall–Kier alpha value is -2.78. The number of hydrogen-bond acceptors (Lipinski definition) is 4. The molecule has 0 saturated carbocycles. The third-order valence-corrected chi connectivity index (χ3v) is 8.47. The molecule has 0 unspecified atom stereocenters. The minimum Gasteiger partial charge on any atom is -0.350 e. The monoisotopic (exact) mass is 609 g/mol. The van der Waals surface area contributed by atoms with Gasteiger partial charge in [-0.05, 0) is 75.7 Å². The van der Waals surface area contributed by atoms with Gasteiger partial charge >= 0.3 is 0 Å². The van der Waals surface area contributed by atoms with Gasteiger partial charge in [0, 0.05) is 17.1 Å². The summed E-state index contributed by atoms with van der Waals surface area (Å²) in [6, 6.07) is 18.0. The van der Waals surface area contributed by atoms with Crippen molar-refractivity contribution in [1.82, 2.24) is 10.2 Å². The molecule has 3 aromatic carbocycles. The Morgan fingerprint density at radius 3 is 2.15 bits per heavy atom. The van der Waals surface area contributed by atoms with Crippen LogP contribution in [0.15, 0.2) is 77.7 Å². The topological polar surface area (TPSA) is 86.8 Å². The van der Waals surface area contributed by atoms with Gasteiger partial charge in [-0.1, -0.05) is 65.1 Å². The predicted molar refractivity (Wildman–Crippen MR) is 157 cm³/mol. The fourth-order valence-electron chi connectivity index (χ4n) is 3.77. The van der Waals surface area contributed by atoms with E-state index in [1.54, 1.807) is 61.5 Å². The van der Waals surface area contributed by atoms with E-state index in [9.17, 15) is 18.0 Å². The molecule has 1 atom stereocenters. The van der Waals surface area contributed by atoms with E-state index in [2.05, 4.69) is 5.32 Å². The van der Waals surface area contributed by atoms with E-state index in [0.717, 1.165) is 4.31 Å². The van der Waals surface area contributed by atoms with Gasteiger partial charge in [0.15, 0.2) is 0 Å². The summed E-state index contributed by atoms with van der Waals surface area (Å²) in [4.78, 5) is 28.4. The highest BCUT2D eigenvalue weighted by Gasteiger charge is 2.33. The van der Waals surface area contributed by atoms with Crippen molar-refractivity contribution in [3.8, 4) is 0 Å². The van der Waals surface area contributed by atoms with Gasteiger partial charge in [-0.15, -0.1) is 0 Å². The van der Waals surface area contributed by atoms with Crippen molar-refractivity contribution >= 4 is 62.3 Å². The summed E-state index contributed by atoms with van der Waals surface area (Å²) in [5, 5.41) is 3.82. The molecule has 208 valence electrons. The highest BCUT2D eigenvalue weighted by atomic mass is 35.5. The molecule has 0 aromatic heterocycles. The molecule has 0 aliphatic heterocycles. The van der Waals surface area contributed by atoms with Crippen LogP contribution in [0.1, 0.15) is 33.3 Å². The van der Waals surface area contributed by atoms with Crippen LogP contribution in [0.2, 0.25) is 15.1 Å². The molecule has 11 heteroatoms. The van der Waals surface area contributed by atoms with Crippen LogP contribution in [-0.2, 0) is 26.2 Å². The molecular formula is C28H30Cl3N3O4S. The van der Waals surface area contributed by atoms with E-state index < -0.39 is 40.0 Å². The molecule has 0 radical (unpaired) electrons. The second kappa shape index (κ2) is 12.6. The molecule has 0 spiro atoms. The molecule has 39 heavy (non-hydrogen) atoms. The number of benzene rings is 3. The smallest absolute Gasteiger partial charge is 0.264 e. The van der Waals surface area contributed by atoms with Crippen LogP contribution in [0.25, 0.3) is 0 Å². The van der Waals surface area contributed by atoms with Gasteiger partial charge < -0.3 is 10.2 Å². The Morgan fingerprint density at radius 1 is 0.897 bits per heavy atom. The van der Waals surface area contributed by atoms with E-state index in [4.69, 9.17) is 34.8 Å². The van der Waals surface area contributed by atoms with Gasteiger partial charge in [0.05, 0.1) is 20.6 Å². The molecule has 0 fully saturated rings. The van der Waals surface area contributed by atoms with Gasteiger partial charge in [0.2, 0.25) is 11.8 Å². The van der Waals surface area contributed by atoms with E-state index in [-0.39, 0.29) is 17.1 Å². The first kappa shape index (κ1) is 30.8. The number of nitrogens with zero attached hydrogens (tertiary/aromatic N) is 2. The Labute approximate surface area is 244 Å². The summed E-state index contributed by atoms with van der Waals surface area (Å²) in [7, 11) is -4.17. The van der Waals surface area contributed by atoms with Crippen LogP contribution in [-0.4, -0.2) is 43.3 Å². The van der Waals surface area contributed by atoms with Crippen LogP contribution in [0.5, 0.6) is 0 Å². The van der Waals surface area contributed by atoms with Gasteiger partial charge in [-0.3, -0.25) is 13.9 Å². The number of nitrogens with one attached hydrogen (secondary N) is 1. The molecule has 2 amide bonds. The maximum absolute atomic E-state index is 13.9. The molecule has 0 aliphatic carbocycles. The third-order valence-electron chi connectivity index (χ3n) is 5.71. The zero-order valence-electron chi connectivity index (χ0n) is 22.0. The summed E-state index contributed by atoms with van der Waals surface area (Å²) in [5.41, 5.74) is 0.280. The molecule has 0 aliphatic rings. The number of halogens is 3. The first-order valence-corrected chi connectivity index (χ1v) is 14.7. The van der Waals surface area contributed by atoms with Gasteiger partial charge in [-0.2, -0.15) is 0 Å². The molecular weight excluding hydrogens is 581 g/mol. The number of carbonyl (C=O) groups excluding carboxylic acids is 2. The van der Waals surface area contributed by atoms with Crippen molar-refractivity contribution in [1.29, 1.82) is 0 Å². The lowest BCUT2D eigenvalue weighted by atomic mass is 10.1. The van der Waals surface area contributed by atoms with Crippen LogP contribution in [0, 0.1) is 0 Å². The Morgan fingerprint density at radius 2 is 1.56 bits per heavy atom. The van der Waals surface area contributed by atoms with E-state index in [0.29, 0.717) is 20.6 Å². The summed E-state index contributed by atoms with van der Waals surface area (Å²) in [6.07, 6.45) is 0. The van der Waals surface area contributed by atoms with Crippen molar-refractivity contribution in [2.75, 3.05) is 10.8 Å². The average Bonchev–Trinajstić information content (AvgIpc) is 2.86. The molecule has 1 N–H and O–H groups in total. The Bertz CT molecular complexity index is 1440. The number of rotatable bonds is 9. The normalized spacial score (nSPS) is 12.5. The molecule has 7 nitrogen and oxygen atoms in total. The number of carbonyl (C=O) groups is 2. The van der Waals surface area contributed by atoms with Gasteiger partial charge in [0.25, 0.3) is 10.0 Å². The zero-order chi connectivity index (χ0) is 29.0. The van der Waals surface area contributed by atoms with Gasteiger partial charge in [0.1, 0.15) is 12.6 Å². The minimum atomic E-state index is -4.17. The molecule has 0 saturated heterocycles.